The summed E-state index contributed by atoms with van der Waals surface area (Å²) in [5.41, 5.74) is 1.17. The van der Waals surface area contributed by atoms with Gasteiger partial charge in [-0.15, -0.1) is 0 Å². The minimum Gasteiger partial charge on any atom is -0.491 e. The minimum absolute atomic E-state index is 0.124. The maximum absolute atomic E-state index is 10.7. The number of nitrogens with one attached hydrogen (secondary N) is 1. The fourth-order valence-electron chi connectivity index (χ4n) is 1.31. The first-order chi connectivity index (χ1) is 7.67. The number of benzene rings is 1. The van der Waals surface area contributed by atoms with Gasteiger partial charge >= 0.3 is 5.97 Å². The van der Waals surface area contributed by atoms with E-state index in [4.69, 9.17) is 9.84 Å². The molecule has 0 radical (unpaired) electrons. The van der Waals surface area contributed by atoms with Crippen LogP contribution in [0.3, 0.4) is 0 Å². The molecule has 1 aromatic carbocycles. The summed E-state index contributed by atoms with van der Waals surface area (Å²) in [7, 11) is 1.60. The summed E-state index contributed by atoms with van der Waals surface area (Å²) in [6, 6.07) is 7.00. The summed E-state index contributed by atoms with van der Waals surface area (Å²) in [4.78, 5) is 10.7. The first-order valence-electron chi connectivity index (χ1n) is 5.29. The highest BCUT2D eigenvalue weighted by atomic mass is 16.5. The number of carbonyl (C=O) groups is 1. The summed E-state index contributed by atoms with van der Waals surface area (Å²) in [5.74, 6) is -0.199. The number of hydrogen-bond donors (Lipinski definition) is 2. The molecule has 0 spiro atoms. The quantitative estimate of drug-likeness (QED) is 0.763. The van der Waals surface area contributed by atoms with Crippen molar-refractivity contribution in [1.29, 1.82) is 0 Å². The molecule has 4 nitrogen and oxygen atoms in total. The Kier molecular flexibility index (Phi) is 4.79. The third-order valence-corrected chi connectivity index (χ3v) is 2.37. The van der Waals surface area contributed by atoms with Crippen LogP contribution in [0.2, 0.25) is 0 Å². The number of rotatable bonds is 6. The minimum atomic E-state index is -0.908. The van der Waals surface area contributed by atoms with Crippen molar-refractivity contribution in [3.05, 3.63) is 29.8 Å². The maximum Gasteiger partial charge on any atom is 0.324 e. The third kappa shape index (κ3) is 3.55. The Morgan fingerprint density at radius 1 is 1.56 bits per heavy atom. The van der Waals surface area contributed by atoms with Crippen molar-refractivity contribution in [1.82, 2.24) is 5.32 Å². The van der Waals surface area contributed by atoms with E-state index >= 15 is 0 Å². The van der Waals surface area contributed by atoms with Crippen molar-refractivity contribution in [2.75, 3.05) is 13.7 Å². The first kappa shape index (κ1) is 12.5. The third-order valence-electron chi connectivity index (χ3n) is 2.37. The fraction of sp³-hybridized carbons (Fsp3) is 0.417. The molecule has 16 heavy (non-hydrogen) atoms. The van der Waals surface area contributed by atoms with Gasteiger partial charge in [0.2, 0.25) is 0 Å². The Morgan fingerprint density at radius 3 is 2.88 bits per heavy atom. The monoisotopic (exact) mass is 223 g/mol. The zero-order chi connectivity index (χ0) is 12.0. The molecule has 0 aliphatic heterocycles. The maximum atomic E-state index is 10.7. The average Bonchev–Trinajstić information content (AvgIpc) is 2.29. The molecule has 1 aromatic rings. The molecule has 0 amide bonds. The van der Waals surface area contributed by atoms with Crippen molar-refractivity contribution in [2.24, 2.45) is 0 Å². The van der Waals surface area contributed by atoms with Crippen molar-refractivity contribution in [3.8, 4) is 5.75 Å². The number of aryl methyl sites for hydroxylation is 1. The Morgan fingerprint density at radius 2 is 2.31 bits per heavy atom. The second-order valence-corrected chi connectivity index (χ2v) is 3.49. The van der Waals surface area contributed by atoms with Crippen LogP contribution in [-0.4, -0.2) is 30.8 Å². The second-order valence-electron chi connectivity index (χ2n) is 3.49. The number of ether oxygens (including phenoxy) is 1. The van der Waals surface area contributed by atoms with Crippen molar-refractivity contribution in [3.63, 3.8) is 0 Å². The number of carboxylic acids is 1. The highest BCUT2D eigenvalue weighted by Gasteiger charge is 2.15. The molecule has 0 unspecified atom stereocenters. The molecule has 0 aliphatic rings. The molecule has 4 heteroatoms. The molecule has 0 saturated carbocycles. The zero-order valence-electron chi connectivity index (χ0n) is 9.56. The highest BCUT2D eigenvalue weighted by Crippen LogP contribution is 2.13. The van der Waals surface area contributed by atoms with Gasteiger partial charge in [-0.3, -0.25) is 4.79 Å². The lowest BCUT2D eigenvalue weighted by Crippen LogP contribution is -2.39. The van der Waals surface area contributed by atoms with Gasteiger partial charge in [-0.25, -0.2) is 0 Å². The van der Waals surface area contributed by atoms with E-state index in [0.717, 1.165) is 6.42 Å². The van der Waals surface area contributed by atoms with Crippen LogP contribution in [0.25, 0.3) is 0 Å². The van der Waals surface area contributed by atoms with E-state index in [1.165, 1.54) is 5.56 Å². The van der Waals surface area contributed by atoms with Gasteiger partial charge in [0.25, 0.3) is 0 Å². The van der Waals surface area contributed by atoms with Gasteiger partial charge in [-0.1, -0.05) is 19.1 Å². The van der Waals surface area contributed by atoms with E-state index in [0.29, 0.717) is 5.75 Å². The molecule has 0 heterocycles. The molecule has 0 fully saturated rings. The SMILES string of the molecule is CCc1cccc(OC[C@H](NC)C(=O)O)c1. The summed E-state index contributed by atoms with van der Waals surface area (Å²) in [5, 5.41) is 11.5. The van der Waals surface area contributed by atoms with E-state index in [1.54, 1.807) is 7.05 Å². The zero-order valence-corrected chi connectivity index (χ0v) is 9.56. The lowest BCUT2D eigenvalue weighted by molar-refractivity contribution is -0.140. The summed E-state index contributed by atoms with van der Waals surface area (Å²) in [6.45, 7) is 2.19. The van der Waals surface area contributed by atoms with Gasteiger partial charge in [-0.05, 0) is 31.2 Å². The molecule has 0 bridgehead atoms. The molecule has 1 rings (SSSR count). The summed E-state index contributed by atoms with van der Waals surface area (Å²) < 4.78 is 5.42. The Balaban J connectivity index is 2.56. The van der Waals surface area contributed by atoms with Gasteiger partial charge in [-0.2, -0.15) is 0 Å². The predicted octanol–water partition coefficient (Wildman–Crippen LogP) is 1.30. The molecule has 1 atom stereocenters. The first-order valence-corrected chi connectivity index (χ1v) is 5.29. The van der Waals surface area contributed by atoms with Gasteiger partial charge < -0.3 is 15.2 Å². The van der Waals surface area contributed by atoms with E-state index in [9.17, 15) is 4.79 Å². The van der Waals surface area contributed by atoms with Crippen LogP contribution in [0.5, 0.6) is 5.75 Å². The summed E-state index contributed by atoms with van der Waals surface area (Å²) >= 11 is 0. The van der Waals surface area contributed by atoms with E-state index in [-0.39, 0.29) is 6.61 Å². The predicted molar refractivity (Wildman–Crippen MR) is 61.8 cm³/mol. The fourth-order valence-corrected chi connectivity index (χ4v) is 1.31. The normalized spacial score (nSPS) is 12.1. The Bertz CT molecular complexity index is 352. The molecule has 0 aliphatic carbocycles. The van der Waals surface area contributed by atoms with E-state index in [1.807, 2.05) is 24.3 Å². The largest absolute Gasteiger partial charge is 0.491 e. The van der Waals surface area contributed by atoms with Crippen LogP contribution in [0.15, 0.2) is 24.3 Å². The van der Waals surface area contributed by atoms with Crippen LogP contribution < -0.4 is 10.1 Å². The molecule has 2 N–H and O–H groups in total. The smallest absolute Gasteiger partial charge is 0.324 e. The van der Waals surface area contributed by atoms with Gasteiger partial charge in [0, 0.05) is 0 Å². The van der Waals surface area contributed by atoms with Crippen molar-refractivity contribution in [2.45, 2.75) is 19.4 Å². The van der Waals surface area contributed by atoms with Gasteiger partial charge in [0.05, 0.1) is 0 Å². The number of carboxylic acid groups (broad SMARTS) is 1. The number of hydrogen-bond acceptors (Lipinski definition) is 3. The number of likely N-dealkylation sites (N-methyl/N-ethyl adjacent to an activating group) is 1. The average molecular weight is 223 g/mol. The second kappa shape index (κ2) is 6.12. The molecular formula is C12H17NO3. The molecule has 88 valence electrons. The highest BCUT2D eigenvalue weighted by molar-refractivity contribution is 5.73. The van der Waals surface area contributed by atoms with Gasteiger partial charge in [0.15, 0.2) is 0 Å². The van der Waals surface area contributed by atoms with Crippen LogP contribution in [-0.2, 0) is 11.2 Å². The molecule has 0 aromatic heterocycles. The standard InChI is InChI=1S/C12H17NO3/c1-3-9-5-4-6-10(7-9)16-8-11(13-2)12(14)15/h4-7,11,13H,3,8H2,1-2H3,(H,14,15)/t11-/m0/s1. The number of aliphatic carboxylic acids is 1. The van der Waals surface area contributed by atoms with Crippen molar-refractivity contribution >= 4 is 5.97 Å². The summed E-state index contributed by atoms with van der Waals surface area (Å²) in [6.07, 6.45) is 0.936. The van der Waals surface area contributed by atoms with Crippen LogP contribution >= 0.6 is 0 Å². The molecule has 0 saturated heterocycles. The van der Waals surface area contributed by atoms with Crippen LogP contribution in [0.4, 0.5) is 0 Å². The van der Waals surface area contributed by atoms with Crippen molar-refractivity contribution < 1.29 is 14.6 Å². The van der Waals surface area contributed by atoms with Crippen LogP contribution in [0.1, 0.15) is 12.5 Å². The Labute approximate surface area is 95.2 Å². The lowest BCUT2D eigenvalue weighted by Gasteiger charge is -2.13. The Hall–Kier alpha value is -1.55. The van der Waals surface area contributed by atoms with E-state index < -0.39 is 12.0 Å². The topological polar surface area (TPSA) is 58.6 Å². The van der Waals surface area contributed by atoms with Gasteiger partial charge in [0.1, 0.15) is 18.4 Å². The van der Waals surface area contributed by atoms with E-state index in [2.05, 4.69) is 12.2 Å². The lowest BCUT2D eigenvalue weighted by atomic mass is 10.2. The van der Waals surface area contributed by atoms with Crippen LogP contribution in [0, 0.1) is 0 Å². The molecular weight excluding hydrogens is 206 g/mol.